The van der Waals surface area contributed by atoms with Gasteiger partial charge in [0.05, 0.1) is 42.4 Å². The van der Waals surface area contributed by atoms with Crippen LogP contribution in [0.25, 0.3) is 0 Å². The molecule has 0 aromatic heterocycles. The van der Waals surface area contributed by atoms with Gasteiger partial charge in [0, 0.05) is 11.6 Å². The summed E-state index contributed by atoms with van der Waals surface area (Å²) in [6.07, 6.45) is 0.777. The summed E-state index contributed by atoms with van der Waals surface area (Å²) >= 11 is 12.5. The Bertz CT molecular complexity index is 1440. The first-order valence-corrected chi connectivity index (χ1v) is 12.3. The van der Waals surface area contributed by atoms with Crippen molar-refractivity contribution in [3.05, 3.63) is 86.7 Å². The molecule has 0 saturated heterocycles. The van der Waals surface area contributed by atoms with Gasteiger partial charge in [-0.3, -0.25) is 0 Å². The van der Waals surface area contributed by atoms with Crippen LogP contribution in [0.1, 0.15) is 40.7 Å². The predicted molar refractivity (Wildman–Crippen MR) is 142 cm³/mol. The monoisotopic (exact) mass is 554 g/mol. The molecule has 1 aliphatic heterocycles. The number of methoxy groups -OCH3 is 2. The van der Waals surface area contributed by atoms with Gasteiger partial charge in [-0.1, -0.05) is 42.3 Å². The van der Waals surface area contributed by atoms with Crippen molar-refractivity contribution in [1.29, 1.82) is 5.26 Å². The molecule has 3 aromatic carbocycles. The third-order valence-electron chi connectivity index (χ3n) is 5.83. The van der Waals surface area contributed by atoms with Gasteiger partial charge in [0.25, 0.3) is 0 Å². The highest BCUT2D eigenvalue weighted by atomic mass is 35.5. The summed E-state index contributed by atoms with van der Waals surface area (Å²) in [5.74, 6) is 0.632. The summed E-state index contributed by atoms with van der Waals surface area (Å²) in [4.78, 5) is 12.9. The fourth-order valence-corrected chi connectivity index (χ4v) is 4.66. The number of ether oxygens (including phenoxy) is 5. The van der Waals surface area contributed by atoms with Gasteiger partial charge in [0.15, 0.2) is 17.2 Å². The third kappa shape index (κ3) is 5.30. The number of carbonyl (C=O) groups excluding carboxylic acids is 1. The van der Waals surface area contributed by atoms with E-state index in [1.54, 1.807) is 31.4 Å². The molecule has 0 radical (unpaired) electrons. The molecule has 38 heavy (non-hydrogen) atoms. The highest BCUT2D eigenvalue weighted by Gasteiger charge is 2.32. The number of nitrogens with zero attached hydrogens (tertiary/aromatic N) is 1. The average Bonchev–Trinajstić information content (AvgIpc) is 2.91. The third-order valence-corrected chi connectivity index (χ3v) is 6.39. The minimum atomic E-state index is -0.677. The van der Waals surface area contributed by atoms with Gasteiger partial charge in [0.1, 0.15) is 23.1 Å². The average molecular weight is 555 g/mol. The van der Waals surface area contributed by atoms with Gasteiger partial charge >= 0.3 is 5.97 Å². The Labute approximate surface area is 230 Å². The first kappa shape index (κ1) is 27.0. The lowest BCUT2D eigenvalue weighted by Crippen LogP contribution is -2.21. The Morgan fingerprint density at radius 3 is 2.39 bits per heavy atom. The number of hydrogen-bond donors (Lipinski definition) is 1. The van der Waals surface area contributed by atoms with Crippen molar-refractivity contribution >= 4 is 29.2 Å². The highest BCUT2D eigenvalue weighted by Crippen LogP contribution is 2.45. The summed E-state index contributed by atoms with van der Waals surface area (Å²) in [5, 5.41) is 10.2. The van der Waals surface area contributed by atoms with E-state index in [1.807, 2.05) is 13.0 Å². The molecule has 3 aromatic rings. The molecule has 0 fully saturated rings. The van der Waals surface area contributed by atoms with Crippen LogP contribution in [0.3, 0.4) is 0 Å². The first-order valence-electron chi connectivity index (χ1n) is 11.6. The zero-order chi connectivity index (χ0) is 27.4. The van der Waals surface area contributed by atoms with Gasteiger partial charge in [-0.05, 0) is 42.3 Å². The topological polar surface area (TPSA) is 113 Å². The largest absolute Gasteiger partial charge is 0.493 e. The van der Waals surface area contributed by atoms with Crippen molar-refractivity contribution in [2.75, 3.05) is 20.8 Å². The second-order valence-corrected chi connectivity index (χ2v) is 9.06. The number of hydrogen-bond acceptors (Lipinski definition) is 8. The number of nitriles is 1. The second kappa shape index (κ2) is 11.5. The van der Waals surface area contributed by atoms with Crippen molar-refractivity contribution in [3.8, 4) is 34.8 Å². The van der Waals surface area contributed by atoms with Crippen LogP contribution in [0, 0.1) is 11.3 Å². The molecular formula is C28H24Cl2N2O6. The summed E-state index contributed by atoms with van der Waals surface area (Å²) < 4.78 is 27.6. The maximum Gasteiger partial charge on any atom is 0.343 e. The quantitative estimate of drug-likeness (QED) is 0.257. The van der Waals surface area contributed by atoms with Crippen LogP contribution >= 0.6 is 23.2 Å². The molecule has 0 aliphatic carbocycles. The van der Waals surface area contributed by atoms with Crippen molar-refractivity contribution in [1.82, 2.24) is 0 Å². The number of allylic oxidation sites excluding steroid dienone is 1. The molecule has 0 bridgehead atoms. The van der Waals surface area contributed by atoms with Crippen LogP contribution in [0.2, 0.25) is 10.0 Å². The van der Waals surface area contributed by atoms with Gasteiger partial charge in [0.2, 0.25) is 5.88 Å². The number of fused-ring (bicyclic) bond motifs is 1. The molecular weight excluding hydrogens is 531 g/mol. The van der Waals surface area contributed by atoms with Gasteiger partial charge in [-0.15, -0.1) is 0 Å². The van der Waals surface area contributed by atoms with E-state index in [-0.39, 0.29) is 32.8 Å². The summed E-state index contributed by atoms with van der Waals surface area (Å²) in [6.45, 7) is 2.39. The fourth-order valence-electron chi connectivity index (χ4n) is 4.06. The van der Waals surface area contributed by atoms with Gasteiger partial charge in [-0.2, -0.15) is 5.26 Å². The zero-order valence-corrected chi connectivity index (χ0v) is 22.4. The van der Waals surface area contributed by atoms with Crippen LogP contribution in [0.4, 0.5) is 0 Å². The summed E-state index contributed by atoms with van der Waals surface area (Å²) in [5.41, 5.74) is 7.90. The molecule has 0 saturated carbocycles. The van der Waals surface area contributed by atoms with Crippen molar-refractivity contribution < 1.29 is 28.5 Å². The Morgan fingerprint density at radius 1 is 1.05 bits per heavy atom. The van der Waals surface area contributed by atoms with Crippen LogP contribution in [0.5, 0.6) is 28.7 Å². The molecule has 1 unspecified atom stereocenters. The number of halogens is 2. The van der Waals surface area contributed by atoms with E-state index in [2.05, 4.69) is 6.07 Å². The standard InChI is InChI=1S/C28H24Cl2N2O6/c1-4-9-36-26-20(29)10-16(11-21(26)30)28(33)37-17-6-7-18-23(13-17)38-27(32)19(14-31)25(18)15-5-8-22(34-2)24(12-15)35-3/h5-8,10-13,25H,4,9,32H2,1-3H3. The molecule has 1 heterocycles. The molecule has 4 rings (SSSR count). The number of benzene rings is 3. The molecule has 0 spiro atoms. The number of rotatable bonds is 8. The molecule has 8 nitrogen and oxygen atoms in total. The van der Waals surface area contributed by atoms with Crippen molar-refractivity contribution in [2.24, 2.45) is 5.73 Å². The number of nitrogens with two attached hydrogens (primary N) is 1. The minimum absolute atomic E-state index is 0.0514. The maximum atomic E-state index is 12.9. The molecule has 1 aliphatic rings. The van der Waals surface area contributed by atoms with Crippen LogP contribution in [-0.4, -0.2) is 26.8 Å². The van der Waals surface area contributed by atoms with Crippen LogP contribution in [-0.2, 0) is 0 Å². The van der Waals surface area contributed by atoms with E-state index in [0.29, 0.717) is 35.2 Å². The molecule has 196 valence electrons. The predicted octanol–water partition coefficient (Wildman–Crippen LogP) is 6.24. The molecule has 1 atom stereocenters. The molecule has 0 amide bonds. The van der Waals surface area contributed by atoms with Crippen molar-refractivity contribution in [2.45, 2.75) is 19.3 Å². The van der Waals surface area contributed by atoms with E-state index in [9.17, 15) is 10.1 Å². The van der Waals surface area contributed by atoms with E-state index in [0.717, 1.165) is 12.0 Å². The zero-order valence-electron chi connectivity index (χ0n) is 20.8. The minimum Gasteiger partial charge on any atom is -0.493 e. The fraction of sp³-hybridized carbons (Fsp3) is 0.214. The SMILES string of the molecule is CCCOc1c(Cl)cc(C(=O)Oc2ccc3c(c2)OC(N)=C(C#N)C3c2ccc(OC)c(OC)c2)cc1Cl. The van der Waals surface area contributed by atoms with E-state index < -0.39 is 11.9 Å². The van der Waals surface area contributed by atoms with Crippen LogP contribution in [0.15, 0.2) is 60.0 Å². The lowest BCUT2D eigenvalue weighted by Gasteiger charge is -2.27. The van der Waals surface area contributed by atoms with E-state index >= 15 is 0 Å². The first-order chi connectivity index (χ1) is 18.3. The lowest BCUT2D eigenvalue weighted by atomic mass is 9.83. The highest BCUT2D eigenvalue weighted by molar-refractivity contribution is 6.37. The lowest BCUT2D eigenvalue weighted by molar-refractivity contribution is 0.0734. The Balaban J connectivity index is 1.65. The number of carbonyl (C=O) groups is 1. The summed E-state index contributed by atoms with van der Waals surface area (Å²) in [6, 6.07) is 15.2. The second-order valence-electron chi connectivity index (χ2n) is 8.25. The Kier molecular flexibility index (Phi) is 8.20. The smallest absolute Gasteiger partial charge is 0.343 e. The molecule has 10 heteroatoms. The van der Waals surface area contributed by atoms with Crippen LogP contribution < -0.4 is 29.4 Å². The summed E-state index contributed by atoms with van der Waals surface area (Å²) in [7, 11) is 3.07. The Morgan fingerprint density at radius 2 is 1.76 bits per heavy atom. The van der Waals surface area contributed by atoms with E-state index in [4.69, 9.17) is 52.6 Å². The van der Waals surface area contributed by atoms with Crippen molar-refractivity contribution in [3.63, 3.8) is 0 Å². The normalized spacial score (nSPS) is 14.2. The van der Waals surface area contributed by atoms with Gasteiger partial charge < -0.3 is 29.4 Å². The molecule has 2 N–H and O–H groups in total. The Hall–Kier alpha value is -4.06. The number of esters is 1. The van der Waals surface area contributed by atoms with E-state index in [1.165, 1.54) is 25.3 Å². The van der Waals surface area contributed by atoms with Gasteiger partial charge in [-0.25, -0.2) is 4.79 Å². The maximum absolute atomic E-state index is 12.9.